The number of nitrogens with zero attached hydrogens (tertiary/aromatic N) is 2. The van der Waals surface area contributed by atoms with Crippen LogP contribution in [0.15, 0.2) is 28.7 Å². The molecule has 0 aliphatic rings. The number of benzene rings is 1. The highest BCUT2D eigenvalue weighted by Gasteiger charge is 2.31. The Morgan fingerprint density at radius 1 is 1.17 bits per heavy atom. The molecule has 2 aromatic rings. The second kappa shape index (κ2) is 7.58. The molecule has 0 spiro atoms. The molecule has 0 unspecified atom stereocenters. The summed E-state index contributed by atoms with van der Waals surface area (Å²) in [6.45, 7) is 7.17. The molecular weight excluding hydrogens is 339 g/mol. The van der Waals surface area contributed by atoms with Crippen molar-refractivity contribution in [3.63, 3.8) is 0 Å². The predicted molar refractivity (Wildman–Crippen MR) is 88.5 cm³/mol. The summed E-state index contributed by atoms with van der Waals surface area (Å²) in [4.78, 5) is 0. The lowest BCUT2D eigenvalue weighted by Gasteiger charge is -2.21. The fourth-order valence-electron chi connectivity index (χ4n) is 1.96. The minimum absolute atomic E-state index is 0.0725. The molecule has 23 heavy (non-hydrogen) atoms. The molecule has 8 heteroatoms. The summed E-state index contributed by atoms with van der Waals surface area (Å²) in [5.74, 6) is 0.507. The maximum atomic E-state index is 12.8. The monoisotopic (exact) mass is 358 g/mol. The molecule has 126 valence electrons. The van der Waals surface area contributed by atoms with Crippen molar-refractivity contribution in [2.75, 3.05) is 0 Å². The van der Waals surface area contributed by atoms with Gasteiger partial charge < -0.3 is 13.5 Å². The van der Waals surface area contributed by atoms with Crippen molar-refractivity contribution in [1.29, 1.82) is 0 Å². The Labute approximate surface area is 140 Å². The molecule has 0 bridgehead atoms. The maximum absolute atomic E-state index is 12.8. The topological polar surface area (TPSA) is 74.5 Å². The first kappa shape index (κ1) is 18.1. The minimum Gasteiger partial charge on any atom is -0.420 e. The van der Waals surface area contributed by atoms with Gasteiger partial charge in [0.05, 0.1) is 12.2 Å². The molecule has 0 aliphatic carbocycles. The predicted octanol–water partition coefficient (Wildman–Crippen LogP) is 4.93. The van der Waals surface area contributed by atoms with E-state index in [9.17, 15) is 4.57 Å². The van der Waals surface area contributed by atoms with E-state index in [2.05, 4.69) is 10.2 Å². The minimum atomic E-state index is -3.36. The number of halogens is 1. The quantitative estimate of drug-likeness (QED) is 0.653. The second-order valence-corrected chi connectivity index (χ2v) is 7.98. The fourth-order valence-corrected chi connectivity index (χ4v) is 4.10. The molecule has 1 aromatic carbocycles. The zero-order valence-corrected chi connectivity index (χ0v) is 15.2. The summed E-state index contributed by atoms with van der Waals surface area (Å²) in [5.41, 5.74) is 0.695. The summed E-state index contributed by atoms with van der Waals surface area (Å²) in [7, 11) is -3.36. The van der Waals surface area contributed by atoms with Crippen LogP contribution in [-0.4, -0.2) is 22.4 Å². The van der Waals surface area contributed by atoms with Crippen molar-refractivity contribution in [3.05, 3.63) is 35.2 Å². The highest BCUT2D eigenvalue weighted by molar-refractivity contribution is 7.53. The first-order valence-electron chi connectivity index (χ1n) is 7.31. The van der Waals surface area contributed by atoms with Gasteiger partial charge in [-0.1, -0.05) is 17.7 Å². The molecule has 0 amide bonds. The van der Waals surface area contributed by atoms with Gasteiger partial charge in [-0.25, -0.2) is 0 Å². The van der Waals surface area contributed by atoms with E-state index in [-0.39, 0.29) is 24.3 Å². The summed E-state index contributed by atoms with van der Waals surface area (Å²) in [6, 6.07) is 7.06. The highest BCUT2D eigenvalue weighted by Crippen LogP contribution is 2.53. The van der Waals surface area contributed by atoms with Gasteiger partial charge >= 0.3 is 7.60 Å². The Morgan fingerprint density at radius 2 is 1.83 bits per heavy atom. The largest absolute Gasteiger partial charge is 0.420 e. The van der Waals surface area contributed by atoms with Gasteiger partial charge in [0.15, 0.2) is 0 Å². The van der Waals surface area contributed by atoms with Crippen molar-refractivity contribution >= 4 is 19.2 Å². The summed E-state index contributed by atoms with van der Waals surface area (Å²) in [6.07, 6.45) is -0.554. The molecule has 1 aromatic heterocycles. The van der Waals surface area contributed by atoms with Crippen LogP contribution >= 0.6 is 19.2 Å². The molecule has 0 fully saturated rings. The average Bonchev–Trinajstić information content (AvgIpc) is 2.84. The number of rotatable bonds is 7. The van der Waals surface area contributed by atoms with E-state index in [1.807, 2.05) is 0 Å². The molecule has 1 heterocycles. The van der Waals surface area contributed by atoms with Gasteiger partial charge in [0.2, 0.25) is 11.8 Å². The van der Waals surface area contributed by atoms with Crippen molar-refractivity contribution in [2.45, 2.75) is 46.1 Å². The zero-order chi connectivity index (χ0) is 17.0. The molecule has 6 nitrogen and oxygen atoms in total. The van der Waals surface area contributed by atoms with Crippen LogP contribution in [-0.2, 0) is 19.8 Å². The van der Waals surface area contributed by atoms with Crippen LogP contribution in [0.3, 0.4) is 0 Å². The first-order chi connectivity index (χ1) is 10.8. The lowest BCUT2D eigenvalue weighted by Crippen LogP contribution is -2.09. The third kappa shape index (κ3) is 5.43. The fraction of sp³-hybridized carbons (Fsp3) is 0.467. The van der Waals surface area contributed by atoms with E-state index in [4.69, 9.17) is 25.1 Å². The van der Waals surface area contributed by atoms with Gasteiger partial charge in [0.1, 0.15) is 6.16 Å². The molecule has 0 aliphatic heterocycles. The number of hydrogen-bond acceptors (Lipinski definition) is 6. The molecular formula is C15H20ClN2O4P. The third-order valence-electron chi connectivity index (χ3n) is 2.61. The third-order valence-corrected chi connectivity index (χ3v) is 4.99. The van der Waals surface area contributed by atoms with Crippen LogP contribution < -0.4 is 0 Å². The van der Waals surface area contributed by atoms with E-state index >= 15 is 0 Å². The van der Waals surface area contributed by atoms with E-state index in [1.54, 1.807) is 52.0 Å². The number of aromatic nitrogens is 2. The lowest BCUT2D eigenvalue weighted by atomic mass is 10.2. The van der Waals surface area contributed by atoms with Crippen molar-refractivity contribution < 1.29 is 18.0 Å². The average molecular weight is 359 g/mol. The van der Waals surface area contributed by atoms with Crippen LogP contribution in [0.1, 0.15) is 33.6 Å². The van der Waals surface area contributed by atoms with Crippen molar-refractivity contribution in [2.24, 2.45) is 0 Å². The molecule has 0 atom stereocenters. The Hall–Kier alpha value is -1.20. The summed E-state index contributed by atoms with van der Waals surface area (Å²) in [5, 5.41) is 8.46. The van der Waals surface area contributed by atoms with Crippen molar-refractivity contribution in [3.8, 4) is 11.5 Å². The second-order valence-electron chi connectivity index (χ2n) is 5.59. The van der Waals surface area contributed by atoms with Crippen molar-refractivity contribution in [1.82, 2.24) is 10.2 Å². The highest BCUT2D eigenvalue weighted by atomic mass is 35.5. The van der Waals surface area contributed by atoms with Gasteiger partial charge in [0, 0.05) is 10.6 Å². The normalized spacial score (nSPS) is 12.3. The molecule has 0 saturated heterocycles. The van der Waals surface area contributed by atoms with Gasteiger partial charge in [-0.3, -0.25) is 4.57 Å². The Balaban J connectivity index is 2.20. The van der Waals surface area contributed by atoms with Crippen LogP contribution in [0.5, 0.6) is 0 Å². The first-order valence-corrected chi connectivity index (χ1v) is 9.42. The molecule has 2 rings (SSSR count). The van der Waals surface area contributed by atoms with Crippen LogP contribution in [0, 0.1) is 0 Å². The van der Waals surface area contributed by atoms with Gasteiger partial charge in [0.25, 0.3) is 0 Å². The Bertz CT molecular complexity index is 688. The van der Waals surface area contributed by atoms with E-state index in [1.165, 1.54) is 0 Å². The summed E-state index contributed by atoms with van der Waals surface area (Å²) >= 11 is 5.95. The van der Waals surface area contributed by atoms with E-state index in [0.717, 1.165) is 0 Å². The molecule has 0 saturated carbocycles. The van der Waals surface area contributed by atoms with Crippen LogP contribution in [0.4, 0.5) is 0 Å². The summed E-state index contributed by atoms with van der Waals surface area (Å²) < 4.78 is 29.3. The molecule has 0 radical (unpaired) electrons. The standard InChI is InChI=1S/C15H20ClN2O4P/c1-10(2)21-23(19,22-11(3)4)9-14-17-18-15(20-14)12-6-5-7-13(16)8-12/h5-8,10-11H,9H2,1-4H3. The lowest BCUT2D eigenvalue weighted by molar-refractivity contribution is 0.140. The van der Waals surface area contributed by atoms with Crippen LogP contribution in [0.25, 0.3) is 11.5 Å². The number of hydrogen-bond donors (Lipinski definition) is 0. The Morgan fingerprint density at radius 3 is 2.39 bits per heavy atom. The SMILES string of the molecule is CC(C)OP(=O)(Cc1nnc(-c2cccc(Cl)c2)o1)OC(C)C. The smallest absolute Gasteiger partial charge is 0.340 e. The van der Waals surface area contributed by atoms with E-state index in [0.29, 0.717) is 16.5 Å². The zero-order valence-electron chi connectivity index (χ0n) is 13.5. The van der Waals surface area contributed by atoms with Gasteiger partial charge in [-0.05, 0) is 45.9 Å². The maximum Gasteiger partial charge on any atom is 0.340 e. The van der Waals surface area contributed by atoms with Gasteiger partial charge in [-0.15, -0.1) is 10.2 Å². The Kier molecular flexibility index (Phi) is 5.98. The van der Waals surface area contributed by atoms with Crippen LogP contribution in [0.2, 0.25) is 5.02 Å². The van der Waals surface area contributed by atoms with E-state index < -0.39 is 7.60 Å². The van der Waals surface area contributed by atoms with Gasteiger partial charge in [-0.2, -0.15) is 0 Å². The molecule has 0 N–H and O–H groups in total.